The van der Waals surface area contributed by atoms with Crippen molar-refractivity contribution in [2.75, 3.05) is 20.3 Å². The van der Waals surface area contributed by atoms with Gasteiger partial charge in [0.2, 0.25) is 5.91 Å². The Hall–Kier alpha value is -2.73. The number of amides is 2. The third-order valence-corrected chi connectivity index (χ3v) is 5.88. The summed E-state index contributed by atoms with van der Waals surface area (Å²) in [6.07, 6.45) is 1.88. The zero-order chi connectivity index (χ0) is 23.7. The van der Waals surface area contributed by atoms with Crippen LogP contribution in [0.4, 0.5) is 0 Å². The quantitative estimate of drug-likeness (QED) is 0.494. The van der Waals surface area contributed by atoms with Gasteiger partial charge in [-0.05, 0) is 68.1 Å². The summed E-state index contributed by atoms with van der Waals surface area (Å²) in [6, 6.07) is 10.4. The lowest BCUT2D eigenvalue weighted by molar-refractivity contribution is -0.142. The molecule has 0 aromatic heterocycles. The summed E-state index contributed by atoms with van der Waals surface area (Å²) >= 11 is 6.22. The SMILES string of the molecule is CCCCNC(=O)[C@H](C)N(Cc1ccc(OC)cc1)C(=O)COc1cc(C)c(Cl)c(C)c1. The zero-order valence-electron chi connectivity index (χ0n) is 19.5. The second-order valence-corrected chi connectivity index (χ2v) is 8.23. The molecule has 6 nitrogen and oxygen atoms in total. The van der Waals surface area contributed by atoms with Gasteiger partial charge in [-0.25, -0.2) is 0 Å². The highest BCUT2D eigenvalue weighted by Gasteiger charge is 2.26. The molecular formula is C25H33ClN2O4. The number of carbonyl (C=O) groups excluding carboxylic acids is 2. The van der Waals surface area contributed by atoms with E-state index in [4.69, 9.17) is 21.1 Å². The van der Waals surface area contributed by atoms with Crippen LogP contribution >= 0.6 is 11.6 Å². The molecule has 0 radical (unpaired) electrons. The summed E-state index contributed by atoms with van der Waals surface area (Å²) in [7, 11) is 1.60. The molecule has 2 aromatic rings. The maximum Gasteiger partial charge on any atom is 0.261 e. The van der Waals surface area contributed by atoms with Crippen LogP contribution in [0.5, 0.6) is 11.5 Å². The number of nitrogens with zero attached hydrogens (tertiary/aromatic N) is 1. The first kappa shape index (κ1) is 25.5. The molecule has 1 N–H and O–H groups in total. The lowest BCUT2D eigenvalue weighted by Crippen LogP contribution is -2.49. The van der Waals surface area contributed by atoms with Gasteiger partial charge < -0.3 is 19.7 Å². The van der Waals surface area contributed by atoms with Gasteiger partial charge in [-0.1, -0.05) is 37.1 Å². The third-order valence-electron chi connectivity index (χ3n) is 5.28. The van der Waals surface area contributed by atoms with Crippen LogP contribution in [0.25, 0.3) is 0 Å². The first-order chi connectivity index (χ1) is 15.3. The summed E-state index contributed by atoms with van der Waals surface area (Å²) in [5.41, 5.74) is 2.66. The number of unbranched alkanes of at least 4 members (excludes halogenated alkanes) is 1. The van der Waals surface area contributed by atoms with Crippen molar-refractivity contribution in [2.45, 2.75) is 53.1 Å². The predicted octanol–water partition coefficient (Wildman–Crippen LogP) is 4.68. The average molecular weight is 461 g/mol. The van der Waals surface area contributed by atoms with Crippen LogP contribution in [-0.2, 0) is 16.1 Å². The van der Waals surface area contributed by atoms with E-state index in [2.05, 4.69) is 12.2 Å². The highest BCUT2D eigenvalue weighted by Crippen LogP contribution is 2.26. The van der Waals surface area contributed by atoms with Crippen molar-refractivity contribution in [3.63, 3.8) is 0 Å². The molecule has 0 saturated heterocycles. The summed E-state index contributed by atoms with van der Waals surface area (Å²) in [4.78, 5) is 27.3. The monoisotopic (exact) mass is 460 g/mol. The Balaban J connectivity index is 2.15. The lowest BCUT2D eigenvalue weighted by atomic mass is 10.1. The van der Waals surface area contributed by atoms with Crippen molar-refractivity contribution in [1.29, 1.82) is 0 Å². The van der Waals surface area contributed by atoms with E-state index >= 15 is 0 Å². The maximum atomic E-state index is 13.1. The molecule has 2 rings (SSSR count). The minimum absolute atomic E-state index is 0.177. The first-order valence-corrected chi connectivity index (χ1v) is 11.2. The van der Waals surface area contributed by atoms with E-state index in [0.717, 1.165) is 35.3 Å². The van der Waals surface area contributed by atoms with Gasteiger partial charge in [-0.3, -0.25) is 9.59 Å². The van der Waals surface area contributed by atoms with Crippen molar-refractivity contribution in [1.82, 2.24) is 10.2 Å². The van der Waals surface area contributed by atoms with Gasteiger partial charge in [0.05, 0.1) is 7.11 Å². The number of hydrogen-bond donors (Lipinski definition) is 1. The molecule has 0 aliphatic carbocycles. The second-order valence-electron chi connectivity index (χ2n) is 7.85. The summed E-state index contributed by atoms with van der Waals surface area (Å²) < 4.78 is 11.0. The van der Waals surface area contributed by atoms with Crippen LogP contribution in [0.15, 0.2) is 36.4 Å². The molecule has 0 aliphatic heterocycles. The van der Waals surface area contributed by atoms with E-state index < -0.39 is 6.04 Å². The Morgan fingerprint density at radius 2 is 1.72 bits per heavy atom. The third kappa shape index (κ3) is 7.16. The van der Waals surface area contributed by atoms with Crippen molar-refractivity contribution >= 4 is 23.4 Å². The summed E-state index contributed by atoms with van der Waals surface area (Å²) in [5.74, 6) is 0.846. The lowest BCUT2D eigenvalue weighted by Gasteiger charge is -2.29. The average Bonchev–Trinajstić information content (AvgIpc) is 2.79. The van der Waals surface area contributed by atoms with Gasteiger partial charge in [0.1, 0.15) is 17.5 Å². The van der Waals surface area contributed by atoms with E-state index in [1.807, 2.05) is 38.1 Å². The van der Waals surface area contributed by atoms with Gasteiger partial charge in [0.25, 0.3) is 5.91 Å². The minimum atomic E-state index is -0.640. The van der Waals surface area contributed by atoms with Gasteiger partial charge >= 0.3 is 0 Å². The van der Waals surface area contributed by atoms with Crippen LogP contribution in [0.1, 0.15) is 43.4 Å². The molecule has 32 heavy (non-hydrogen) atoms. The molecule has 0 aliphatic rings. The number of nitrogens with one attached hydrogen (secondary N) is 1. The molecule has 0 unspecified atom stereocenters. The molecule has 174 valence electrons. The molecule has 0 fully saturated rings. The topological polar surface area (TPSA) is 67.9 Å². The van der Waals surface area contributed by atoms with Crippen LogP contribution in [0, 0.1) is 13.8 Å². The molecule has 7 heteroatoms. The number of rotatable bonds is 11. The Morgan fingerprint density at radius 1 is 1.09 bits per heavy atom. The number of carbonyl (C=O) groups is 2. The molecule has 0 bridgehead atoms. The molecule has 1 atom stereocenters. The van der Waals surface area contributed by atoms with Crippen LogP contribution < -0.4 is 14.8 Å². The van der Waals surface area contributed by atoms with Gasteiger partial charge in [-0.15, -0.1) is 0 Å². The summed E-state index contributed by atoms with van der Waals surface area (Å²) in [5, 5.41) is 3.59. The Labute approximate surface area is 195 Å². The van der Waals surface area contributed by atoms with E-state index in [-0.39, 0.29) is 25.0 Å². The number of benzene rings is 2. The number of halogens is 1. The van der Waals surface area contributed by atoms with E-state index in [1.54, 1.807) is 31.1 Å². The van der Waals surface area contributed by atoms with Crippen molar-refractivity contribution in [3.05, 3.63) is 58.1 Å². The number of methoxy groups -OCH3 is 1. The second kappa shape index (κ2) is 12.3. The fraction of sp³-hybridized carbons (Fsp3) is 0.440. The van der Waals surface area contributed by atoms with Crippen LogP contribution in [0.2, 0.25) is 5.02 Å². The normalized spacial score (nSPS) is 11.6. The molecule has 2 aromatic carbocycles. The van der Waals surface area contributed by atoms with Crippen molar-refractivity contribution in [2.24, 2.45) is 0 Å². The van der Waals surface area contributed by atoms with Crippen molar-refractivity contribution in [3.8, 4) is 11.5 Å². The highest BCUT2D eigenvalue weighted by molar-refractivity contribution is 6.32. The fourth-order valence-corrected chi connectivity index (χ4v) is 3.37. The van der Waals surface area contributed by atoms with E-state index in [0.29, 0.717) is 17.3 Å². The molecule has 2 amide bonds. The Kier molecular flexibility index (Phi) is 9.85. The Morgan fingerprint density at radius 3 is 2.28 bits per heavy atom. The van der Waals surface area contributed by atoms with Crippen molar-refractivity contribution < 1.29 is 19.1 Å². The molecular weight excluding hydrogens is 428 g/mol. The number of hydrogen-bond acceptors (Lipinski definition) is 4. The minimum Gasteiger partial charge on any atom is -0.497 e. The standard InChI is InChI=1S/C25H33ClN2O4/c1-6-7-12-27-25(30)19(4)28(15-20-8-10-21(31-5)11-9-20)23(29)16-32-22-13-17(2)24(26)18(3)14-22/h8-11,13-14,19H,6-7,12,15-16H2,1-5H3,(H,27,30)/t19-/m0/s1. The van der Waals surface area contributed by atoms with Gasteiger partial charge in [0, 0.05) is 18.1 Å². The molecule has 0 spiro atoms. The van der Waals surface area contributed by atoms with Gasteiger partial charge in [0.15, 0.2) is 6.61 Å². The molecule has 0 saturated carbocycles. The van der Waals surface area contributed by atoms with Crippen LogP contribution in [0.3, 0.4) is 0 Å². The first-order valence-electron chi connectivity index (χ1n) is 10.9. The fourth-order valence-electron chi connectivity index (χ4n) is 3.26. The largest absolute Gasteiger partial charge is 0.497 e. The summed E-state index contributed by atoms with van der Waals surface area (Å²) in [6.45, 7) is 8.28. The smallest absolute Gasteiger partial charge is 0.261 e. The van der Waals surface area contributed by atoms with E-state index in [9.17, 15) is 9.59 Å². The predicted molar refractivity (Wildman–Crippen MR) is 127 cm³/mol. The molecule has 0 heterocycles. The highest BCUT2D eigenvalue weighted by atomic mass is 35.5. The van der Waals surface area contributed by atoms with Gasteiger partial charge in [-0.2, -0.15) is 0 Å². The maximum absolute atomic E-state index is 13.1. The zero-order valence-corrected chi connectivity index (χ0v) is 20.3. The number of ether oxygens (including phenoxy) is 2. The van der Waals surface area contributed by atoms with E-state index in [1.165, 1.54) is 0 Å². The Bertz CT molecular complexity index is 892. The van der Waals surface area contributed by atoms with Crippen LogP contribution in [-0.4, -0.2) is 43.0 Å². The number of aryl methyl sites for hydroxylation is 2.